The van der Waals surface area contributed by atoms with Gasteiger partial charge in [0.2, 0.25) is 0 Å². The largest absolute Gasteiger partial charge is 0.481 e. The Morgan fingerprint density at radius 3 is 2.40 bits per heavy atom. The van der Waals surface area contributed by atoms with E-state index in [4.69, 9.17) is 5.11 Å². The van der Waals surface area contributed by atoms with Gasteiger partial charge in [-0.15, -0.1) is 0 Å². The molecule has 3 heteroatoms. The first kappa shape index (κ1) is 12.5. The summed E-state index contributed by atoms with van der Waals surface area (Å²) in [6.45, 7) is 5.83. The number of fused-ring (bicyclic) bond motifs is 2. The summed E-state index contributed by atoms with van der Waals surface area (Å²) in [5.41, 5.74) is -0.613. The van der Waals surface area contributed by atoms with Crippen LogP contribution < -0.4 is 0 Å². The molecule has 0 radical (unpaired) electrons. The van der Waals surface area contributed by atoms with Crippen molar-refractivity contribution in [2.75, 3.05) is 0 Å². The van der Waals surface area contributed by atoms with Gasteiger partial charge in [-0.3, -0.25) is 4.79 Å². The predicted molar refractivity (Wildman–Crippen MR) is 58.5 cm³/mol. The highest BCUT2D eigenvalue weighted by atomic mass is 16.4. The van der Waals surface area contributed by atoms with Crippen LogP contribution in [0.4, 0.5) is 0 Å². The zero-order chi connectivity index (χ0) is 11.6. The maximum atomic E-state index is 10.9. The molecular formula is C12H22O3. The van der Waals surface area contributed by atoms with E-state index in [-0.39, 0.29) is 11.8 Å². The van der Waals surface area contributed by atoms with E-state index in [0.29, 0.717) is 12.3 Å². The number of hydrogen-bond donors (Lipinski definition) is 2. The Morgan fingerprint density at radius 2 is 1.87 bits per heavy atom. The van der Waals surface area contributed by atoms with Crippen LogP contribution in [0.1, 0.15) is 46.5 Å². The number of carboxylic acid groups (broad SMARTS) is 1. The fourth-order valence-corrected chi connectivity index (χ4v) is 3.20. The fourth-order valence-electron chi connectivity index (χ4n) is 3.20. The van der Waals surface area contributed by atoms with Gasteiger partial charge in [-0.1, -0.05) is 13.8 Å². The van der Waals surface area contributed by atoms with Crippen LogP contribution in [0.25, 0.3) is 0 Å². The molecule has 2 fully saturated rings. The van der Waals surface area contributed by atoms with Gasteiger partial charge in [0.25, 0.3) is 0 Å². The first-order chi connectivity index (χ1) is 6.98. The number of carboxylic acids is 1. The number of aliphatic hydroxyl groups is 1. The smallest absolute Gasteiger partial charge is 0.306 e. The molecule has 15 heavy (non-hydrogen) atoms. The number of hydrogen-bond acceptors (Lipinski definition) is 2. The zero-order valence-corrected chi connectivity index (χ0v) is 9.86. The summed E-state index contributed by atoms with van der Waals surface area (Å²) in [5, 5.41) is 18.8. The van der Waals surface area contributed by atoms with Gasteiger partial charge in [0.15, 0.2) is 0 Å². The van der Waals surface area contributed by atoms with Crippen LogP contribution in [0.3, 0.4) is 0 Å². The van der Waals surface area contributed by atoms with Crippen LogP contribution in [0.5, 0.6) is 0 Å². The van der Waals surface area contributed by atoms with Crippen LogP contribution in [0.2, 0.25) is 0 Å². The molecule has 0 amide bonds. The van der Waals surface area contributed by atoms with Crippen molar-refractivity contribution >= 4 is 5.97 Å². The second-order valence-corrected chi connectivity index (χ2v) is 4.95. The van der Waals surface area contributed by atoms with Crippen LogP contribution in [0.15, 0.2) is 0 Å². The highest BCUT2D eigenvalue weighted by Gasteiger charge is 2.47. The van der Waals surface area contributed by atoms with E-state index in [1.807, 2.05) is 20.8 Å². The van der Waals surface area contributed by atoms with Crippen molar-refractivity contribution in [2.45, 2.75) is 52.1 Å². The molecule has 0 aromatic carbocycles. The Morgan fingerprint density at radius 1 is 1.27 bits per heavy atom. The number of carbonyl (C=O) groups is 1. The molecule has 2 rings (SSSR count). The van der Waals surface area contributed by atoms with E-state index in [0.717, 1.165) is 19.3 Å². The normalized spacial score (nSPS) is 43.1. The molecular weight excluding hydrogens is 192 g/mol. The van der Waals surface area contributed by atoms with Gasteiger partial charge >= 0.3 is 5.97 Å². The Labute approximate surface area is 91.5 Å². The molecule has 0 aromatic heterocycles. The van der Waals surface area contributed by atoms with Gasteiger partial charge in [-0.05, 0) is 44.4 Å². The molecule has 2 N–H and O–H groups in total. The minimum Gasteiger partial charge on any atom is -0.481 e. The molecule has 0 saturated heterocycles. The highest BCUT2D eigenvalue weighted by Crippen LogP contribution is 2.49. The van der Waals surface area contributed by atoms with E-state index >= 15 is 0 Å². The monoisotopic (exact) mass is 214 g/mol. The average Bonchev–Trinajstić information content (AvgIpc) is 2.44. The maximum absolute atomic E-state index is 10.9. The van der Waals surface area contributed by atoms with Gasteiger partial charge in [0, 0.05) is 0 Å². The third-order valence-electron chi connectivity index (χ3n) is 3.54. The molecule has 4 atom stereocenters. The van der Waals surface area contributed by atoms with Gasteiger partial charge in [-0.2, -0.15) is 0 Å². The van der Waals surface area contributed by atoms with Crippen LogP contribution in [-0.4, -0.2) is 21.8 Å². The van der Waals surface area contributed by atoms with Crippen molar-refractivity contribution in [1.29, 1.82) is 0 Å². The molecule has 0 aromatic rings. The lowest BCUT2D eigenvalue weighted by Crippen LogP contribution is -2.33. The van der Waals surface area contributed by atoms with Gasteiger partial charge in [0.05, 0.1) is 11.5 Å². The molecule has 0 spiro atoms. The molecule has 88 valence electrons. The highest BCUT2D eigenvalue weighted by molar-refractivity contribution is 5.70. The van der Waals surface area contributed by atoms with Crippen molar-refractivity contribution in [1.82, 2.24) is 0 Å². The minimum atomic E-state index is -0.676. The minimum absolute atomic E-state index is 0.195. The summed E-state index contributed by atoms with van der Waals surface area (Å²) in [5.74, 6) is -0.217. The summed E-state index contributed by atoms with van der Waals surface area (Å²) < 4.78 is 0. The number of rotatable bonds is 1. The lowest BCUT2D eigenvalue weighted by atomic mass is 9.78. The fraction of sp³-hybridized carbons (Fsp3) is 0.917. The second-order valence-electron chi connectivity index (χ2n) is 4.95. The third-order valence-corrected chi connectivity index (χ3v) is 3.54. The molecule has 4 unspecified atom stereocenters. The van der Waals surface area contributed by atoms with Crippen molar-refractivity contribution < 1.29 is 15.0 Å². The van der Waals surface area contributed by atoms with E-state index in [9.17, 15) is 9.90 Å². The summed E-state index contributed by atoms with van der Waals surface area (Å²) in [4.78, 5) is 10.9. The van der Waals surface area contributed by atoms with Crippen LogP contribution >= 0.6 is 0 Å². The van der Waals surface area contributed by atoms with Crippen molar-refractivity contribution in [2.24, 2.45) is 17.8 Å². The van der Waals surface area contributed by atoms with Crippen molar-refractivity contribution in [3.63, 3.8) is 0 Å². The third kappa shape index (κ3) is 2.71. The standard InChI is InChI=1S/C10H16O3.C2H6/c1-10(13)4-6-2-7(5-10)8(3-6)9(11)12;1-2/h6-8,13H,2-5H2,1H3,(H,11,12);1-2H3. The quantitative estimate of drug-likeness (QED) is 0.704. The van der Waals surface area contributed by atoms with Crippen molar-refractivity contribution in [3.05, 3.63) is 0 Å². The first-order valence-corrected chi connectivity index (χ1v) is 5.93. The lowest BCUT2D eigenvalue weighted by Gasteiger charge is -2.33. The Balaban J connectivity index is 0.000000531. The van der Waals surface area contributed by atoms with Gasteiger partial charge < -0.3 is 10.2 Å². The molecule has 2 saturated carbocycles. The van der Waals surface area contributed by atoms with E-state index in [1.165, 1.54) is 0 Å². The lowest BCUT2D eigenvalue weighted by molar-refractivity contribution is -0.143. The molecule has 2 bridgehead atoms. The Hall–Kier alpha value is -0.570. The average molecular weight is 214 g/mol. The predicted octanol–water partition coefficient (Wildman–Crippen LogP) is 2.28. The summed E-state index contributed by atoms with van der Waals surface area (Å²) in [7, 11) is 0. The molecule has 0 aliphatic heterocycles. The molecule has 2 aliphatic rings. The van der Waals surface area contributed by atoms with E-state index in [1.54, 1.807) is 0 Å². The Kier molecular flexibility index (Phi) is 3.77. The summed E-state index contributed by atoms with van der Waals surface area (Å²) in [6.07, 6.45) is 3.23. The second kappa shape index (κ2) is 4.52. The Bertz CT molecular complexity index is 235. The molecule has 3 nitrogen and oxygen atoms in total. The van der Waals surface area contributed by atoms with Crippen LogP contribution in [0, 0.1) is 17.8 Å². The van der Waals surface area contributed by atoms with Crippen molar-refractivity contribution in [3.8, 4) is 0 Å². The zero-order valence-electron chi connectivity index (χ0n) is 9.86. The number of aliphatic carboxylic acids is 1. The van der Waals surface area contributed by atoms with Gasteiger partial charge in [-0.25, -0.2) is 0 Å². The van der Waals surface area contributed by atoms with E-state index < -0.39 is 11.6 Å². The SMILES string of the molecule is CC.CC1(O)CC2CC(C1)C(C(=O)O)C2. The summed E-state index contributed by atoms with van der Waals surface area (Å²) in [6, 6.07) is 0. The van der Waals surface area contributed by atoms with E-state index in [2.05, 4.69) is 0 Å². The first-order valence-electron chi connectivity index (χ1n) is 5.93. The van der Waals surface area contributed by atoms with Gasteiger partial charge in [0.1, 0.15) is 0 Å². The molecule has 0 heterocycles. The maximum Gasteiger partial charge on any atom is 0.306 e. The molecule has 2 aliphatic carbocycles. The topological polar surface area (TPSA) is 57.5 Å². The van der Waals surface area contributed by atoms with Crippen LogP contribution in [-0.2, 0) is 4.79 Å². The summed E-state index contributed by atoms with van der Waals surface area (Å²) >= 11 is 0.